The van der Waals surface area contributed by atoms with Gasteiger partial charge in [-0.25, -0.2) is 4.39 Å². The number of halogens is 1. The van der Waals surface area contributed by atoms with E-state index in [1.165, 1.54) is 25.9 Å². The van der Waals surface area contributed by atoms with E-state index in [4.69, 9.17) is 0 Å². The van der Waals surface area contributed by atoms with Gasteiger partial charge in [0.2, 0.25) is 0 Å². The summed E-state index contributed by atoms with van der Waals surface area (Å²) in [6, 6.07) is 0. The molecule has 1 unspecified atom stereocenters. The number of nitrogens with one attached hydrogen (secondary N) is 1. The molecule has 2 heteroatoms. The van der Waals surface area contributed by atoms with E-state index in [1.54, 1.807) is 0 Å². The average Bonchev–Trinajstić information content (AvgIpc) is 2.20. The Morgan fingerprint density at radius 1 is 0.923 bits per heavy atom. The lowest BCUT2D eigenvalue weighted by Crippen LogP contribution is -2.35. The van der Waals surface area contributed by atoms with Crippen molar-refractivity contribution in [3.05, 3.63) is 0 Å². The van der Waals surface area contributed by atoms with Crippen molar-refractivity contribution >= 4 is 0 Å². The number of hydrogen-bond donors (Lipinski definition) is 1. The van der Waals surface area contributed by atoms with Crippen molar-refractivity contribution in [3.63, 3.8) is 0 Å². The Hall–Kier alpha value is -0.110. The lowest BCUT2D eigenvalue weighted by molar-refractivity contribution is 0.149. The molecule has 1 saturated carbocycles. The van der Waals surface area contributed by atoms with Crippen LogP contribution in [0.3, 0.4) is 0 Å². The molecule has 13 heavy (non-hydrogen) atoms. The Morgan fingerprint density at radius 3 is 2.31 bits per heavy atom. The largest absolute Gasteiger partial charge is 0.316 e. The van der Waals surface area contributed by atoms with Crippen LogP contribution < -0.4 is 5.32 Å². The molecular weight excluding hydrogens is 165 g/mol. The summed E-state index contributed by atoms with van der Waals surface area (Å²) in [7, 11) is 0. The maximum Gasteiger partial charge on any atom is 0.100 e. The second kappa shape index (κ2) is 4.41. The van der Waals surface area contributed by atoms with E-state index in [-0.39, 0.29) is 0 Å². The van der Waals surface area contributed by atoms with Crippen LogP contribution in [0.4, 0.5) is 4.39 Å². The van der Waals surface area contributed by atoms with Crippen LogP contribution in [0.5, 0.6) is 0 Å². The minimum atomic E-state index is -0.493. The smallest absolute Gasteiger partial charge is 0.100 e. The van der Waals surface area contributed by atoms with Crippen LogP contribution >= 0.6 is 0 Å². The quantitative estimate of drug-likeness (QED) is 0.662. The summed E-state index contributed by atoms with van der Waals surface area (Å²) in [6.45, 7) is 2.37. The molecule has 2 rings (SSSR count). The lowest BCUT2D eigenvalue weighted by Gasteiger charge is -2.34. The Kier molecular flexibility index (Phi) is 3.20. The van der Waals surface area contributed by atoms with Crippen LogP contribution in [0, 0.1) is 11.8 Å². The van der Waals surface area contributed by atoms with Gasteiger partial charge in [0.25, 0.3) is 0 Å². The first kappa shape index (κ1) is 9.45. The fourth-order valence-electron chi connectivity index (χ4n) is 2.83. The van der Waals surface area contributed by atoms with Gasteiger partial charge in [0.1, 0.15) is 6.17 Å². The number of alkyl halides is 1. The SMILES string of the molecule is FC1CCC(C2CCCNC2)CC1. The lowest BCUT2D eigenvalue weighted by atomic mass is 9.76. The predicted molar refractivity (Wildman–Crippen MR) is 52.4 cm³/mol. The van der Waals surface area contributed by atoms with Crippen LogP contribution in [0.2, 0.25) is 0 Å². The average molecular weight is 185 g/mol. The highest BCUT2D eigenvalue weighted by molar-refractivity contribution is 4.81. The molecule has 1 aliphatic carbocycles. The normalized spacial score (nSPS) is 41.8. The Balaban J connectivity index is 1.79. The minimum Gasteiger partial charge on any atom is -0.316 e. The molecular formula is C11H20FN. The van der Waals surface area contributed by atoms with Gasteiger partial charge in [-0.15, -0.1) is 0 Å². The molecule has 1 saturated heterocycles. The molecule has 1 nitrogen and oxygen atoms in total. The zero-order chi connectivity index (χ0) is 9.10. The Bertz CT molecular complexity index is 146. The molecule has 0 aromatic rings. The van der Waals surface area contributed by atoms with Crippen molar-refractivity contribution in [2.24, 2.45) is 11.8 Å². The molecule has 1 atom stereocenters. The maximum atomic E-state index is 12.9. The molecule has 0 aromatic carbocycles. The van der Waals surface area contributed by atoms with Gasteiger partial charge in [-0.1, -0.05) is 0 Å². The summed E-state index contributed by atoms with van der Waals surface area (Å²) in [6.07, 6.45) is 6.10. The van der Waals surface area contributed by atoms with Crippen LogP contribution in [0.1, 0.15) is 38.5 Å². The van der Waals surface area contributed by atoms with Crippen LogP contribution in [-0.4, -0.2) is 19.3 Å². The van der Waals surface area contributed by atoms with Gasteiger partial charge in [-0.05, 0) is 63.5 Å². The number of hydrogen-bond acceptors (Lipinski definition) is 1. The molecule has 0 amide bonds. The molecule has 1 heterocycles. The summed E-state index contributed by atoms with van der Waals surface area (Å²) >= 11 is 0. The molecule has 0 aromatic heterocycles. The van der Waals surface area contributed by atoms with Crippen molar-refractivity contribution in [1.29, 1.82) is 0 Å². The van der Waals surface area contributed by atoms with Crippen molar-refractivity contribution in [1.82, 2.24) is 5.32 Å². The first-order valence-corrected chi connectivity index (χ1v) is 5.71. The Morgan fingerprint density at radius 2 is 1.69 bits per heavy atom. The Labute approximate surface area is 80.1 Å². The van der Waals surface area contributed by atoms with Gasteiger partial charge < -0.3 is 5.32 Å². The van der Waals surface area contributed by atoms with Crippen molar-refractivity contribution in [2.75, 3.05) is 13.1 Å². The summed E-state index contributed by atoms with van der Waals surface area (Å²) in [5.74, 6) is 1.67. The van der Waals surface area contributed by atoms with E-state index in [9.17, 15) is 4.39 Å². The van der Waals surface area contributed by atoms with Crippen LogP contribution in [-0.2, 0) is 0 Å². The first-order valence-electron chi connectivity index (χ1n) is 5.71. The molecule has 2 aliphatic rings. The standard InChI is InChI=1S/C11H20FN/c12-11-5-3-9(4-6-11)10-2-1-7-13-8-10/h9-11,13H,1-8H2. The van der Waals surface area contributed by atoms with E-state index in [0.29, 0.717) is 0 Å². The minimum absolute atomic E-state index is 0.493. The monoisotopic (exact) mass is 185 g/mol. The van der Waals surface area contributed by atoms with Gasteiger partial charge in [0.05, 0.1) is 0 Å². The molecule has 0 spiro atoms. The van der Waals surface area contributed by atoms with Gasteiger partial charge >= 0.3 is 0 Å². The highest BCUT2D eigenvalue weighted by Crippen LogP contribution is 2.34. The van der Waals surface area contributed by atoms with Gasteiger partial charge in [0, 0.05) is 0 Å². The first-order chi connectivity index (χ1) is 6.36. The maximum absolute atomic E-state index is 12.9. The number of rotatable bonds is 1. The summed E-state index contributed by atoms with van der Waals surface area (Å²) in [4.78, 5) is 0. The molecule has 76 valence electrons. The van der Waals surface area contributed by atoms with E-state index < -0.39 is 6.17 Å². The zero-order valence-corrected chi connectivity index (χ0v) is 8.27. The van der Waals surface area contributed by atoms with E-state index >= 15 is 0 Å². The van der Waals surface area contributed by atoms with E-state index in [0.717, 1.165) is 37.5 Å². The fraction of sp³-hybridized carbons (Fsp3) is 1.00. The van der Waals surface area contributed by atoms with Gasteiger partial charge in [-0.3, -0.25) is 0 Å². The molecule has 0 radical (unpaired) electrons. The third kappa shape index (κ3) is 2.43. The van der Waals surface area contributed by atoms with Crippen LogP contribution in [0.15, 0.2) is 0 Å². The van der Waals surface area contributed by atoms with Crippen molar-refractivity contribution < 1.29 is 4.39 Å². The highest BCUT2D eigenvalue weighted by Gasteiger charge is 2.28. The second-order valence-electron chi connectivity index (χ2n) is 4.62. The van der Waals surface area contributed by atoms with Gasteiger partial charge in [-0.2, -0.15) is 0 Å². The van der Waals surface area contributed by atoms with Gasteiger partial charge in [0.15, 0.2) is 0 Å². The van der Waals surface area contributed by atoms with E-state index in [1.807, 2.05) is 0 Å². The molecule has 1 aliphatic heterocycles. The molecule has 2 fully saturated rings. The van der Waals surface area contributed by atoms with Crippen molar-refractivity contribution in [2.45, 2.75) is 44.7 Å². The summed E-state index contributed by atoms with van der Waals surface area (Å²) < 4.78 is 12.9. The summed E-state index contributed by atoms with van der Waals surface area (Å²) in [5, 5.41) is 3.45. The third-order valence-corrected chi connectivity index (χ3v) is 3.70. The third-order valence-electron chi connectivity index (χ3n) is 3.70. The second-order valence-corrected chi connectivity index (χ2v) is 4.62. The summed E-state index contributed by atoms with van der Waals surface area (Å²) in [5.41, 5.74) is 0. The zero-order valence-electron chi connectivity index (χ0n) is 8.27. The number of piperidine rings is 1. The van der Waals surface area contributed by atoms with E-state index in [2.05, 4.69) is 5.32 Å². The topological polar surface area (TPSA) is 12.0 Å². The molecule has 0 bridgehead atoms. The molecule has 1 N–H and O–H groups in total. The fourth-order valence-corrected chi connectivity index (χ4v) is 2.83. The predicted octanol–water partition coefficient (Wildman–Crippen LogP) is 2.51. The van der Waals surface area contributed by atoms with Crippen molar-refractivity contribution in [3.8, 4) is 0 Å². The van der Waals surface area contributed by atoms with Crippen LogP contribution in [0.25, 0.3) is 0 Å². The highest BCUT2D eigenvalue weighted by atomic mass is 19.1.